The Morgan fingerprint density at radius 1 is 1.23 bits per heavy atom. The van der Waals surface area contributed by atoms with Gasteiger partial charge in [0.25, 0.3) is 5.91 Å². The van der Waals surface area contributed by atoms with E-state index in [1.165, 1.54) is 6.92 Å². The van der Waals surface area contributed by atoms with Crippen LogP contribution in [0.4, 0.5) is 0 Å². The van der Waals surface area contributed by atoms with Crippen LogP contribution in [-0.4, -0.2) is 65.9 Å². The maximum absolute atomic E-state index is 12.3. The fourth-order valence-corrected chi connectivity index (χ4v) is 3.22. The summed E-state index contributed by atoms with van der Waals surface area (Å²) in [5, 5.41) is 5.08. The summed E-state index contributed by atoms with van der Waals surface area (Å²) < 4.78 is 5.87. The van der Waals surface area contributed by atoms with Crippen LogP contribution in [0.2, 0.25) is 0 Å². The lowest BCUT2D eigenvalue weighted by molar-refractivity contribution is -0.139. The molecule has 158 valence electrons. The zero-order valence-corrected chi connectivity index (χ0v) is 17.3. The highest BCUT2D eigenvalue weighted by Gasteiger charge is 2.26. The largest absolute Gasteiger partial charge is 0.368 e. The van der Waals surface area contributed by atoms with Crippen LogP contribution in [-0.2, 0) is 14.3 Å². The minimum Gasteiger partial charge on any atom is -0.368 e. The molecule has 3 rings (SSSR count). The van der Waals surface area contributed by atoms with Gasteiger partial charge in [-0.25, -0.2) is 0 Å². The second kappa shape index (κ2) is 9.45. The van der Waals surface area contributed by atoms with E-state index >= 15 is 0 Å². The van der Waals surface area contributed by atoms with Crippen LogP contribution in [0.5, 0.6) is 0 Å². The van der Waals surface area contributed by atoms with E-state index in [0.717, 1.165) is 22.5 Å². The molecular weight excluding hydrogens is 386 g/mol. The number of hydrogen-bond donors (Lipinski definition) is 2. The summed E-state index contributed by atoms with van der Waals surface area (Å²) in [5.41, 5.74) is 3.62. The van der Waals surface area contributed by atoms with Gasteiger partial charge in [0.2, 0.25) is 11.8 Å². The molecule has 9 heteroatoms. The molecule has 0 radical (unpaired) electrons. The Bertz CT molecular complexity index is 945. The first kappa shape index (κ1) is 21.4. The summed E-state index contributed by atoms with van der Waals surface area (Å²) in [6.45, 7) is 4.47. The highest BCUT2D eigenvalue weighted by Crippen LogP contribution is 2.26. The van der Waals surface area contributed by atoms with E-state index in [1.807, 2.05) is 25.1 Å². The molecule has 3 amide bonds. The molecule has 1 aliphatic heterocycles. The molecule has 0 aromatic carbocycles. The summed E-state index contributed by atoms with van der Waals surface area (Å²) in [7, 11) is 1.56. The third-order valence-corrected chi connectivity index (χ3v) is 4.77. The molecule has 0 saturated carbocycles. The molecular formula is C21H25N5O4. The van der Waals surface area contributed by atoms with E-state index in [4.69, 9.17) is 4.74 Å². The van der Waals surface area contributed by atoms with Gasteiger partial charge >= 0.3 is 0 Å². The minimum atomic E-state index is -0.364. The van der Waals surface area contributed by atoms with Gasteiger partial charge in [-0.1, -0.05) is 6.07 Å². The first-order valence-corrected chi connectivity index (χ1v) is 9.68. The van der Waals surface area contributed by atoms with Crippen molar-refractivity contribution in [3.63, 3.8) is 0 Å². The maximum Gasteiger partial charge on any atom is 0.269 e. The Kier molecular flexibility index (Phi) is 6.73. The molecule has 0 spiro atoms. The Morgan fingerprint density at radius 3 is 2.70 bits per heavy atom. The normalized spacial score (nSPS) is 16.1. The third-order valence-electron chi connectivity index (χ3n) is 4.77. The zero-order valence-electron chi connectivity index (χ0n) is 17.3. The Labute approximate surface area is 174 Å². The molecule has 1 saturated heterocycles. The number of nitrogens with zero attached hydrogens (tertiary/aromatic N) is 3. The van der Waals surface area contributed by atoms with E-state index < -0.39 is 0 Å². The van der Waals surface area contributed by atoms with E-state index in [1.54, 1.807) is 24.2 Å². The number of amides is 3. The summed E-state index contributed by atoms with van der Waals surface area (Å²) in [4.78, 5) is 45.6. The number of ether oxygens (including phenoxy) is 1. The smallest absolute Gasteiger partial charge is 0.269 e. The average molecular weight is 411 g/mol. The number of carbonyl (C=O) groups excluding carboxylic acids is 3. The molecule has 3 heterocycles. The number of aryl methyl sites for hydroxylation is 1. The first-order chi connectivity index (χ1) is 14.4. The number of morpholine rings is 1. The van der Waals surface area contributed by atoms with Crippen molar-refractivity contribution in [3.05, 3.63) is 47.5 Å². The van der Waals surface area contributed by atoms with E-state index in [2.05, 4.69) is 20.6 Å². The number of pyridine rings is 2. The Balaban J connectivity index is 1.78. The lowest BCUT2D eigenvalue weighted by Crippen LogP contribution is -2.46. The topological polar surface area (TPSA) is 114 Å². The number of rotatable bonds is 5. The molecule has 1 atom stereocenters. The molecule has 1 aliphatic rings. The van der Waals surface area contributed by atoms with E-state index in [0.29, 0.717) is 25.4 Å². The molecule has 0 unspecified atom stereocenters. The van der Waals surface area contributed by atoms with Crippen LogP contribution < -0.4 is 10.6 Å². The molecule has 9 nitrogen and oxygen atoms in total. The Morgan fingerprint density at radius 2 is 2.03 bits per heavy atom. The van der Waals surface area contributed by atoms with Gasteiger partial charge in [0.15, 0.2) is 0 Å². The highest BCUT2D eigenvalue weighted by molar-refractivity contribution is 5.92. The van der Waals surface area contributed by atoms with Gasteiger partial charge in [0, 0.05) is 38.0 Å². The fourth-order valence-electron chi connectivity index (χ4n) is 3.22. The van der Waals surface area contributed by atoms with Crippen molar-refractivity contribution in [2.24, 2.45) is 0 Å². The van der Waals surface area contributed by atoms with Crippen molar-refractivity contribution in [3.8, 4) is 11.1 Å². The zero-order chi connectivity index (χ0) is 21.7. The van der Waals surface area contributed by atoms with Crippen LogP contribution in [0.3, 0.4) is 0 Å². The van der Waals surface area contributed by atoms with Gasteiger partial charge in [0.1, 0.15) is 11.8 Å². The van der Waals surface area contributed by atoms with Gasteiger partial charge in [-0.15, -0.1) is 0 Å². The summed E-state index contributed by atoms with van der Waals surface area (Å²) in [6, 6.07) is 7.35. The lowest BCUT2D eigenvalue weighted by Gasteiger charge is -2.33. The van der Waals surface area contributed by atoms with E-state index in [9.17, 15) is 14.4 Å². The monoisotopic (exact) mass is 411 g/mol. The predicted molar refractivity (Wildman–Crippen MR) is 110 cm³/mol. The molecule has 1 fully saturated rings. The molecule has 2 aromatic rings. The minimum absolute atomic E-state index is 0.0299. The van der Waals surface area contributed by atoms with Crippen LogP contribution in [0, 0.1) is 6.92 Å². The van der Waals surface area contributed by atoms with Crippen molar-refractivity contribution in [1.82, 2.24) is 25.5 Å². The van der Waals surface area contributed by atoms with Crippen molar-refractivity contribution in [1.29, 1.82) is 0 Å². The summed E-state index contributed by atoms with van der Waals surface area (Å²) in [5.74, 6) is -0.637. The van der Waals surface area contributed by atoms with Gasteiger partial charge in [-0.2, -0.15) is 0 Å². The molecule has 2 N–H and O–H groups in total. The van der Waals surface area contributed by atoms with Crippen LogP contribution in [0.1, 0.15) is 34.9 Å². The predicted octanol–water partition coefficient (Wildman–Crippen LogP) is 0.848. The second-order valence-corrected chi connectivity index (χ2v) is 7.04. The highest BCUT2D eigenvalue weighted by atomic mass is 16.5. The van der Waals surface area contributed by atoms with Crippen LogP contribution >= 0.6 is 0 Å². The van der Waals surface area contributed by atoms with Crippen LogP contribution in [0.25, 0.3) is 11.1 Å². The molecule has 2 aromatic heterocycles. The quantitative estimate of drug-likeness (QED) is 0.754. The van der Waals surface area contributed by atoms with Gasteiger partial charge in [0.05, 0.1) is 25.4 Å². The average Bonchev–Trinajstić information content (AvgIpc) is 2.76. The van der Waals surface area contributed by atoms with Crippen molar-refractivity contribution in [2.75, 3.05) is 33.3 Å². The van der Waals surface area contributed by atoms with Gasteiger partial charge in [-0.05, 0) is 30.7 Å². The van der Waals surface area contributed by atoms with Crippen molar-refractivity contribution < 1.29 is 19.1 Å². The SMILES string of the molecule is CNC(=O)c1ccc(-c2cc(C)nc([C@H]3CN(C(=O)CNC(C)=O)CCO3)c2)cn1. The van der Waals surface area contributed by atoms with Crippen molar-refractivity contribution in [2.45, 2.75) is 20.0 Å². The van der Waals surface area contributed by atoms with Gasteiger partial charge in [-0.3, -0.25) is 24.4 Å². The number of nitrogens with one attached hydrogen (secondary N) is 2. The summed E-state index contributed by atoms with van der Waals surface area (Å²) >= 11 is 0. The third kappa shape index (κ3) is 5.18. The number of aromatic nitrogens is 2. The maximum atomic E-state index is 12.3. The number of hydrogen-bond acceptors (Lipinski definition) is 6. The standard InChI is InChI=1S/C21H25N5O4/c1-13-8-16(15-4-5-17(24-10-15)21(29)22-3)9-18(25-13)19-12-26(6-7-30-19)20(28)11-23-14(2)27/h4-5,8-10,19H,6-7,11-12H2,1-3H3,(H,22,29)(H,23,27)/t19-/m1/s1. The first-order valence-electron chi connectivity index (χ1n) is 9.68. The second-order valence-electron chi connectivity index (χ2n) is 7.04. The van der Waals surface area contributed by atoms with Crippen molar-refractivity contribution >= 4 is 17.7 Å². The fraction of sp³-hybridized carbons (Fsp3) is 0.381. The molecule has 30 heavy (non-hydrogen) atoms. The van der Waals surface area contributed by atoms with Crippen LogP contribution in [0.15, 0.2) is 30.5 Å². The Hall–Kier alpha value is -3.33. The van der Waals surface area contributed by atoms with E-state index in [-0.39, 0.29) is 30.4 Å². The number of carbonyl (C=O) groups is 3. The lowest BCUT2D eigenvalue weighted by atomic mass is 10.0. The summed E-state index contributed by atoms with van der Waals surface area (Å²) in [6.07, 6.45) is 1.28. The van der Waals surface area contributed by atoms with Gasteiger partial charge < -0.3 is 20.3 Å². The molecule has 0 aliphatic carbocycles. The molecule has 0 bridgehead atoms.